The monoisotopic (exact) mass is 237 g/mol. The number of benzene rings is 1. The quantitative estimate of drug-likeness (QED) is 0.509. The fourth-order valence-corrected chi connectivity index (χ4v) is 1.38. The highest BCUT2D eigenvalue weighted by atomic mass is 32.1. The summed E-state index contributed by atoms with van der Waals surface area (Å²) in [6.07, 6.45) is 1.13. The molecule has 5 N–H and O–H groups in total. The zero-order valence-electron chi connectivity index (χ0n) is 8.90. The van der Waals surface area contributed by atoms with Gasteiger partial charge < -0.3 is 16.8 Å². The van der Waals surface area contributed by atoms with Gasteiger partial charge in [-0.3, -0.25) is 4.79 Å². The van der Waals surface area contributed by atoms with E-state index in [-0.39, 0.29) is 5.91 Å². The first-order valence-corrected chi connectivity index (χ1v) is 5.42. The number of nitrogens with one attached hydrogen (secondary N) is 1. The maximum atomic E-state index is 10.5. The number of hydrogen-bond acceptors (Lipinski definition) is 3. The molecule has 5 heteroatoms. The Labute approximate surface area is 100 Å². The minimum atomic E-state index is -0.273. The summed E-state index contributed by atoms with van der Waals surface area (Å²) in [6, 6.07) is 7.52. The summed E-state index contributed by atoms with van der Waals surface area (Å²) in [5.41, 5.74) is 12.3. The van der Waals surface area contributed by atoms with E-state index in [1.807, 2.05) is 24.3 Å². The summed E-state index contributed by atoms with van der Waals surface area (Å²) < 4.78 is 0. The first kappa shape index (κ1) is 12.4. The largest absolute Gasteiger partial charge is 0.389 e. The molecular formula is C11H15N3OS. The second kappa shape index (κ2) is 6.07. The van der Waals surface area contributed by atoms with Gasteiger partial charge in [0.2, 0.25) is 5.91 Å². The number of hydrogen-bond donors (Lipinski definition) is 3. The lowest BCUT2D eigenvalue weighted by Gasteiger charge is -2.06. The molecule has 0 bridgehead atoms. The van der Waals surface area contributed by atoms with Crippen LogP contribution in [0, 0.1) is 0 Å². The topological polar surface area (TPSA) is 81.1 Å². The van der Waals surface area contributed by atoms with Crippen molar-refractivity contribution in [3.05, 3.63) is 29.8 Å². The molecule has 0 radical (unpaired) electrons. The van der Waals surface area contributed by atoms with E-state index in [4.69, 9.17) is 23.7 Å². The van der Waals surface area contributed by atoms with Crippen molar-refractivity contribution < 1.29 is 4.79 Å². The van der Waals surface area contributed by atoms with Crippen molar-refractivity contribution >= 4 is 28.8 Å². The second-order valence-electron chi connectivity index (χ2n) is 3.44. The summed E-state index contributed by atoms with van der Waals surface area (Å²) in [4.78, 5) is 10.9. The van der Waals surface area contributed by atoms with E-state index in [0.29, 0.717) is 11.4 Å². The second-order valence-corrected chi connectivity index (χ2v) is 3.88. The van der Waals surface area contributed by atoms with Gasteiger partial charge >= 0.3 is 0 Å². The van der Waals surface area contributed by atoms with Crippen molar-refractivity contribution in [2.45, 2.75) is 12.8 Å². The molecule has 0 saturated heterocycles. The number of primary amides is 1. The highest BCUT2D eigenvalue weighted by Crippen LogP contribution is 2.09. The Balaban J connectivity index is 2.38. The number of carbonyl (C=O) groups excluding carboxylic acids is 1. The predicted octanol–water partition coefficient (Wildman–Crippen LogP) is 0.998. The van der Waals surface area contributed by atoms with Crippen LogP contribution in [0.3, 0.4) is 0 Å². The van der Waals surface area contributed by atoms with Crippen LogP contribution in [0.4, 0.5) is 5.69 Å². The Kier molecular flexibility index (Phi) is 4.72. The number of rotatable bonds is 6. The Bertz CT molecular complexity index is 375. The standard InChI is InChI=1S/C11H15N3OS/c12-10(15)2-1-7-14-9-5-3-8(4-6-9)11(13)16/h3-6,14H,1-2,7H2,(H2,12,15)(H2,13,16). The molecule has 4 nitrogen and oxygen atoms in total. The van der Waals surface area contributed by atoms with Crippen LogP contribution in [-0.4, -0.2) is 17.4 Å². The molecule has 0 spiro atoms. The van der Waals surface area contributed by atoms with Crippen LogP contribution >= 0.6 is 12.2 Å². The average Bonchev–Trinajstić information content (AvgIpc) is 2.25. The zero-order chi connectivity index (χ0) is 12.0. The molecule has 0 aliphatic rings. The van der Waals surface area contributed by atoms with Crippen LogP contribution in [0.25, 0.3) is 0 Å². The molecule has 0 fully saturated rings. The Hall–Kier alpha value is -1.62. The SMILES string of the molecule is NC(=O)CCCNc1ccc(C(N)=S)cc1. The molecule has 0 heterocycles. The van der Waals surface area contributed by atoms with Crippen molar-refractivity contribution in [3.63, 3.8) is 0 Å². The van der Waals surface area contributed by atoms with Crippen LogP contribution in [0.2, 0.25) is 0 Å². The molecule has 0 atom stereocenters. The lowest BCUT2D eigenvalue weighted by Crippen LogP contribution is -2.13. The average molecular weight is 237 g/mol. The third-order valence-electron chi connectivity index (χ3n) is 2.10. The fourth-order valence-electron chi connectivity index (χ4n) is 1.25. The van der Waals surface area contributed by atoms with Gasteiger partial charge in [0.25, 0.3) is 0 Å². The lowest BCUT2D eigenvalue weighted by molar-refractivity contribution is -0.118. The van der Waals surface area contributed by atoms with Crippen LogP contribution in [0.15, 0.2) is 24.3 Å². The lowest BCUT2D eigenvalue weighted by atomic mass is 10.2. The van der Waals surface area contributed by atoms with Gasteiger partial charge in [-0.15, -0.1) is 0 Å². The van der Waals surface area contributed by atoms with Gasteiger partial charge in [-0.25, -0.2) is 0 Å². The summed E-state index contributed by atoms with van der Waals surface area (Å²) >= 11 is 4.85. The first-order valence-electron chi connectivity index (χ1n) is 5.01. The van der Waals surface area contributed by atoms with Crippen LogP contribution in [0.1, 0.15) is 18.4 Å². The molecular weight excluding hydrogens is 222 g/mol. The summed E-state index contributed by atoms with van der Waals surface area (Å²) in [7, 11) is 0. The van der Waals surface area contributed by atoms with Crippen molar-refractivity contribution in [1.29, 1.82) is 0 Å². The highest BCUT2D eigenvalue weighted by Gasteiger charge is 1.97. The van der Waals surface area contributed by atoms with Gasteiger partial charge in [0.05, 0.1) is 0 Å². The van der Waals surface area contributed by atoms with Gasteiger partial charge in [-0.05, 0) is 30.7 Å². The third-order valence-corrected chi connectivity index (χ3v) is 2.33. The summed E-state index contributed by atoms with van der Waals surface area (Å²) in [5.74, 6) is -0.273. The molecule has 1 rings (SSSR count). The van der Waals surface area contributed by atoms with Crippen LogP contribution < -0.4 is 16.8 Å². The van der Waals surface area contributed by atoms with E-state index in [1.165, 1.54) is 0 Å². The van der Waals surface area contributed by atoms with Crippen molar-refractivity contribution in [2.24, 2.45) is 11.5 Å². The Morgan fingerprint density at radius 3 is 2.38 bits per heavy atom. The fraction of sp³-hybridized carbons (Fsp3) is 0.273. The number of anilines is 1. The first-order chi connectivity index (χ1) is 7.59. The van der Waals surface area contributed by atoms with Gasteiger partial charge in [0, 0.05) is 24.2 Å². The van der Waals surface area contributed by atoms with E-state index in [9.17, 15) is 4.79 Å². The van der Waals surface area contributed by atoms with Crippen LogP contribution in [-0.2, 0) is 4.79 Å². The van der Waals surface area contributed by atoms with Crippen molar-refractivity contribution in [2.75, 3.05) is 11.9 Å². The summed E-state index contributed by atoms with van der Waals surface area (Å²) in [6.45, 7) is 0.718. The minimum absolute atomic E-state index is 0.273. The van der Waals surface area contributed by atoms with E-state index in [2.05, 4.69) is 5.32 Å². The highest BCUT2D eigenvalue weighted by molar-refractivity contribution is 7.80. The van der Waals surface area contributed by atoms with Gasteiger partial charge in [-0.1, -0.05) is 12.2 Å². The third kappa shape index (κ3) is 4.27. The van der Waals surface area contributed by atoms with Gasteiger partial charge in [0.15, 0.2) is 0 Å². The molecule has 86 valence electrons. The Morgan fingerprint density at radius 1 is 1.25 bits per heavy atom. The minimum Gasteiger partial charge on any atom is -0.389 e. The van der Waals surface area contributed by atoms with Gasteiger partial charge in [-0.2, -0.15) is 0 Å². The van der Waals surface area contributed by atoms with Crippen molar-refractivity contribution in [1.82, 2.24) is 0 Å². The van der Waals surface area contributed by atoms with Crippen LogP contribution in [0.5, 0.6) is 0 Å². The van der Waals surface area contributed by atoms with E-state index in [0.717, 1.165) is 24.2 Å². The molecule has 0 aliphatic carbocycles. The maximum Gasteiger partial charge on any atom is 0.217 e. The molecule has 1 amide bonds. The summed E-state index contributed by atoms with van der Waals surface area (Å²) in [5, 5.41) is 3.17. The van der Waals surface area contributed by atoms with E-state index in [1.54, 1.807) is 0 Å². The van der Waals surface area contributed by atoms with Crippen molar-refractivity contribution in [3.8, 4) is 0 Å². The van der Waals surface area contributed by atoms with E-state index >= 15 is 0 Å². The number of amides is 1. The molecule has 0 aromatic heterocycles. The molecule has 1 aromatic rings. The van der Waals surface area contributed by atoms with E-state index < -0.39 is 0 Å². The van der Waals surface area contributed by atoms with Gasteiger partial charge in [0.1, 0.15) is 4.99 Å². The molecule has 0 unspecified atom stereocenters. The smallest absolute Gasteiger partial charge is 0.217 e. The number of carbonyl (C=O) groups is 1. The zero-order valence-corrected chi connectivity index (χ0v) is 9.72. The predicted molar refractivity (Wildman–Crippen MR) is 69.2 cm³/mol. The Morgan fingerprint density at radius 2 is 1.88 bits per heavy atom. The maximum absolute atomic E-state index is 10.5. The molecule has 1 aromatic carbocycles. The molecule has 0 saturated carbocycles. The number of nitrogens with two attached hydrogens (primary N) is 2. The molecule has 16 heavy (non-hydrogen) atoms. The number of thiocarbonyl (C=S) groups is 1. The molecule has 0 aliphatic heterocycles. The normalized spacial score (nSPS) is 9.75.